The van der Waals surface area contributed by atoms with Crippen molar-refractivity contribution < 1.29 is 4.39 Å². The van der Waals surface area contributed by atoms with Gasteiger partial charge in [0.2, 0.25) is 0 Å². The molecule has 0 amide bonds. The molecule has 19 heavy (non-hydrogen) atoms. The minimum atomic E-state index is -0.122. The molecule has 1 aromatic carbocycles. The summed E-state index contributed by atoms with van der Waals surface area (Å²) >= 11 is 0. The van der Waals surface area contributed by atoms with Gasteiger partial charge in [0, 0.05) is 38.3 Å². The number of benzene rings is 1. The largest absolute Gasteiger partial charge is 0.329 e. The topological polar surface area (TPSA) is 32.5 Å². The van der Waals surface area contributed by atoms with E-state index in [0.29, 0.717) is 18.2 Å². The van der Waals surface area contributed by atoms with E-state index in [2.05, 4.69) is 23.8 Å². The van der Waals surface area contributed by atoms with Crippen LogP contribution in [0.2, 0.25) is 0 Å². The lowest BCUT2D eigenvalue weighted by Gasteiger charge is -2.43. The Morgan fingerprint density at radius 1 is 1.42 bits per heavy atom. The van der Waals surface area contributed by atoms with E-state index in [1.807, 2.05) is 12.1 Å². The molecule has 0 radical (unpaired) electrons. The van der Waals surface area contributed by atoms with Crippen molar-refractivity contribution in [1.29, 1.82) is 0 Å². The van der Waals surface area contributed by atoms with E-state index in [1.54, 1.807) is 13.0 Å². The summed E-state index contributed by atoms with van der Waals surface area (Å²) < 4.78 is 13.7. The Bertz CT molecular complexity index is 435. The summed E-state index contributed by atoms with van der Waals surface area (Å²) in [6, 6.07) is 6.09. The van der Waals surface area contributed by atoms with Gasteiger partial charge in [-0.3, -0.25) is 4.90 Å². The molecule has 4 heteroatoms. The average Bonchev–Trinajstić information content (AvgIpc) is 2.41. The molecule has 0 aliphatic carbocycles. The van der Waals surface area contributed by atoms with Gasteiger partial charge in [-0.15, -0.1) is 0 Å². The number of hydrogen-bond acceptors (Lipinski definition) is 3. The molecule has 0 saturated carbocycles. The van der Waals surface area contributed by atoms with Gasteiger partial charge in [0.25, 0.3) is 0 Å². The van der Waals surface area contributed by atoms with Crippen LogP contribution in [0.4, 0.5) is 4.39 Å². The second-order valence-corrected chi connectivity index (χ2v) is 5.57. The van der Waals surface area contributed by atoms with Crippen molar-refractivity contribution in [1.82, 2.24) is 9.80 Å². The number of nitrogens with zero attached hydrogens (tertiary/aromatic N) is 2. The molecule has 1 fully saturated rings. The predicted molar refractivity (Wildman–Crippen MR) is 76.6 cm³/mol. The van der Waals surface area contributed by atoms with E-state index in [0.717, 1.165) is 25.2 Å². The first kappa shape index (κ1) is 14.4. The standard InChI is InChI=1S/C15H24FN3/c1-11-4-5-13(8-15(11)16)12(2)19-7-6-18(3)10-14(19)9-17/h4-5,8,12,14H,6-7,9-10,17H2,1-3H3. The molecule has 1 aliphatic heterocycles. The molecule has 0 spiro atoms. The SMILES string of the molecule is Cc1ccc(C(C)N2CCN(C)CC2CN)cc1F. The summed E-state index contributed by atoms with van der Waals surface area (Å²) in [5.74, 6) is -0.122. The molecule has 106 valence electrons. The van der Waals surface area contributed by atoms with Crippen LogP contribution < -0.4 is 5.73 Å². The molecule has 1 saturated heterocycles. The molecule has 2 unspecified atom stereocenters. The van der Waals surface area contributed by atoms with Gasteiger partial charge in [0.15, 0.2) is 0 Å². The van der Waals surface area contributed by atoms with E-state index in [1.165, 1.54) is 0 Å². The van der Waals surface area contributed by atoms with Crippen molar-refractivity contribution in [2.75, 3.05) is 33.2 Å². The van der Waals surface area contributed by atoms with E-state index in [4.69, 9.17) is 5.73 Å². The molecule has 0 aromatic heterocycles. The van der Waals surface area contributed by atoms with Crippen molar-refractivity contribution in [2.45, 2.75) is 25.9 Å². The van der Waals surface area contributed by atoms with Gasteiger partial charge in [-0.25, -0.2) is 4.39 Å². The molecule has 2 rings (SSSR count). The Labute approximate surface area is 115 Å². The predicted octanol–water partition coefficient (Wildman–Crippen LogP) is 1.77. The van der Waals surface area contributed by atoms with Crippen LogP contribution >= 0.6 is 0 Å². The van der Waals surface area contributed by atoms with Crippen molar-refractivity contribution in [3.63, 3.8) is 0 Å². The lowest BCUT2D eigenvalue weighted by molar-refractivity contribution is 0.0620. The highest BCUT2D eigenvalue weighted by molar-refractivity contribution is 5.25. The third kappa shape index (κ3) is 3.14. The molecular weight excluding hydrogens is 241 g/mol. The number of aryl methyl sites for hydroxylation is 1. The molecule has 1 aliphatic rings. The van der Waals surface area contributed by atoms with Crippen molar-refractivity contribution >= 4 is 0 Å². The minimum absolute atomic E-state index is 0.122. The van der Waals surface area contributed by atoms with Crippen LogP contribution in [-0.2, 0) is 0 Å². The molecule has 1 heterocycles. The number of rotatable bonds is 3. The van der Waals surface area contributed by atoms with Gasteiger partial charge in [0.1, 0.15) is 5.82 Å². The van der Waals surface area contributed by atoms with Gasteiger partial charge in [0.05, 0.1) is 0 Å². The summed E-state index contributed by atoms with van der Waals surface area (Å²) in [6.07, 6.45) is 0. The minimum Gasteiger partial charge on any atom is -0.329 e. The van der Waals surface area contributed by atoms with Gasteiger partial charge in [-0.2, -0.15) is 0 Å². The second kappa shape index (κ2) is 5.99. The molecule has 2 N–H and O–H groups in total. The maximum Gasteiger partial charge on any atom is 0.126 e. The van der Waals surface area contributed by atoms with Gasteiger partial charge in [-0.05, 0) is 38.1 Å². The highest BCUT2D eigenvalue weighted by Gasteiger charge is 2.28. The zero-order valence-corrected chi connectivity index (χ0v) is 12.1. The van der Waals surface area contributed by atoms with E-state index >= 15 is 0 Å². The highest BCUT2D eigenvalue weighted by atomic mass is 19.1. The third-order valence-electron chi connectivity index (χ3n) is 4.18. The van der Waals surface area contributed by atoms with Crippen LogP contribution in [0.25, 0.3) is 0 Å². The van der Waals surface area contributed by atoms with Crippen LogP contribution in [-0.4, -0.2) is 49.1 Å². The summed E-state index contributed by atoms with van der Waals surface area (Å²) in [4.78, 5) is 4.70. The Morgan fingerprint density at radius 2 is 2.16 bits per heavy atom. The van der Waals surface area contributed by atoms with Gasteiger partial charge < -0.3 is 10.6 Å². The summed E-state index contributed by atoms with van der Waals surface area (Å²) in [7, 11) is 2.12. The second-order valence-electron chi connectivity index (χ2n) is 5.57. The summed E-state index contributed by atoms with van der Waals surface area (Å²) in [5, 5.41) is 0. The fourth-order valence-electron chi connectivity index (χ4n) is 2.80. The maximum absolute atomic E-state index is 13.7. The Kier molecular flexibility index (Phi) is 4.55. The molecule has 0 bridgehead atoms. The monoisotopic (exact) mass is 265 g/mol. The van der Waals surface area contributed by atoms with Gasteiger partial charge in [-0.1, -0.05) is 12.1 Å². The first-order valence-electron chi connectivity index (χ1n) is 6.93. The van der Waals surface area contributed by atoms with Gasteiger partial charge >= 0.3 is 0 Å². The normalized spacial score (nSPS) is 23.5. The molecule has 3 nitrogen and oxygen atoms in total. The van der Waals surface area contributed by atoms with Crippen molar-refractivity contribution in [3.8, 4) is 0 Å². The fraction of sp³-hybridized carbons (Fsp3) is 0.600. The first-order chi connectivity index (χ1) is 9.02. The number of piperazine rings is 1. The van der Waals surface area contributed by atoms with Crippen LogP contribution in [0, 0.1) is 12.7 Å². The zero-order chi connectivity index (χ0) is 14.0. The van der Waals surface area contributed by atoms with Crippen molar-refractivity contribution in [3.05, 3.63) is 35.1 Å². The summed E-state index contributed by atoms with van der Waals surface area (Å²) in [5.41, 5.74) is 7.62. The van der Waals surface area contributed by atoms with E-state index < -0.39 is 0 Å². The number of nitrogens with two attached hydrogens (primary N) is 1. The van der Waals surface area contributed by atoms with E-state index in [-0.39, 0.29) is 11.9 Å². The highest BCUT2D eigenvalue weighted by Crippen LogP contribution is 2.25. The maximum atomic E-state index is 13.7. The number of likely N-dealkylation sites (N-methyl/N-ethyl adjacent to an activating group) is 1. The lowest BCUT2D eigenvalue weighted by atomic mass is 10.0. The zero-order valence-electron chi connectivity index (χ0n) is 12.1. The number of halogens is 1. The molecule has 2 atom stereocenters. The Balaban J connectivity index is 2.17. The first-order valence-corrected chi connectivity index (χ1v) is 6.93. The average molecular weight is 265 g/mol. The smallest absolute Gasteiger partial charge is 0.126 e. The molecule has 1 aromatic rings. The van der Waals surface area contributed by atoms with Crippen LogP contribution in [0.3, 0.4) is 0 Å². The third-order valence-corrected chi connectivity index (χ3v) is 4.18. The Hall–Kier alpha value is -0.970. The van der Waals surface area contributed by atoms with Crippen LogP contribution in [0.15, 0.2) is 18.2 Å². The fourth-order valence-corrected chi connectivity index (χ4v) is 2.80. The van der Waals surface area contributed by atoms with Crippen molar-refractivity contribution in [2.24, 2.45) is 5.73 Å². The quantitative estimate of drug-likeness (QED) is 0.904. The number of hydrogen-bond donors (Lipinski definition) is 1. The Morgan fingerprint density at radius 3 is 2.79 bits per heavy atom. The summed E-state index contributed by atoms with van der Waals surface area (Å²) in [6.45, 7) is 7.57. The van der Waals surface area contributed by atoms with E-state index in [9.17, 15) is 4.39 Å². The lowest BCUT2D eigenvalue weighted by Crippen LogP contribution is -2.55. The molecular formula is C15H24FN3. The van der Waals surface area contributed by atoms with Crippen LogP contribution in [0.5, 0.6) is 0 Å². The van der Waals surface area contributed by atoms with Crippen LogP contribution in [0.1, 0.15) is 24.1 Å².